The van der Waals surface area contributed by atoms with Crippen LogP contribution < -0.4 is 10.6 Å². The Kier molecular flexibility index (Phi) is 5.98. The summed E-state index contributed by atoms with van der Waals surface area (Å²) in [5.41, 5.74) is 1.77. The van der Waals surface area contributed by atoms with E-state index in [4.69, 9.17) is 26.1 Å². The summed E-state index contributed by atoms with van der Waals surface area (Å²) < 4.78 is 16.6. The highest BCUT2D eigenvalue weighted by Gasteiger charge is 2.21. The molecule has 1 aliphatic carbocycles. The number of hydrogen-bond donors (Lipinski definition) is 2. The lowest BCUT2D eigenvalue weighted by molar-refractivity contribution is -0.134. The summed E-state index contributed by atoms with van der Waals surface area (Å²) in [6, 6.07) is 7.31. The fourth-order valence-electron chi connectivity index (χ4n) is 2.84. The van der Waals surface area contributed by atoms with Crippen molar-refractivity contribution in [3.05, 3.63) is 36.2 Å². The molecule has 0 aliphatic heterocycles. The molecule has 1 saturated carbocycles. The second kappa shape index (κ2) is 8.81. The number of nitrogens with zero attached hydrogens (tertiary/aromatic N) is 3. The molecule has 1 unspecified atom stereocenters. The molecule has 0 radical (unpaired) electrons. The van der Waals surface area contributed by atoms with E-state index in [-0.39, 0.29) is 0 Å². The van der Waals surface area contributed by atoms with Gasteiger partial charge in [0.2, 0.25) is 6.29 Å². The average molecular weight is 414 g/mol. The molecular formula is C20H23N5O3S. The molecular weight excluding hydrogens is 390 g/mol. The predicted molar refractivity (Wildman–Crippen MR) is 113 cm³/mol. The maximum atomic E-state index is 5.85. The molecule has 0 bridgehead atoms. The second-order valence-corrected chi connectivity index (χ2v) is 7.21. The van der Waals surface area contributed by atoms with E-state index < -0.39 is 6.29 Å². The van der Waals surface area contributed by atoms with Gasteiger partial charge in [0.1, 0.15) is 17.0 Å². The summed E-state index contributed by atoms with van der Waals surface area (Å²) in [6.45, 7) is 3.31. The van der Waals surface area contributed by atoms with Crippen LogP contribution >= 0.6 is 12.2 Å². The fourth-order valence-corrected chi connectivity index (χ4v) is 3.03. The monoisotopic (exact) mass is 413 g/mol. The Balaban J connectivity index is 1.52. The normalized spacial score (nSPS) is 14.7. The number of furan rings is 1. The van der Waals surface area contributed by atoms with Crippen molar-refractivity contribution >= 4 is 34.3 Å². The van der Waals surface area contributed by atoms with E-state index in [1.54, 1.807) is 19.4 Å². The van der Waals surface area contributed by atoms with E-state index in [1.807, 2.05) is 25.1 Å². The van der Waals surface area contributed by atoms with Gasteiger partial charge in [0.05, 0.1) is 6.20 Å². The number of hydrogen-bond acceptors (Lipinski definition) is 7. The van der Waals surface area contributed by atoms with E-state index in [0.717, 1.165) is 12.5 Å². The molecule has 152 valence electrons. The topological polar surface area (TPSA) is 94.3 Å². The third-order valence-corrected chi connectivity index (χ3v) is 4.79. The SMILES string of the molecule is CCOC(OC)c1ccc(-c2cnc3ccc(NC(=S)NCC4CC4)nc3n2)o1. The molecule has 3 aromatic heterocycles. The maximum Gasteiger partial charge on any atom is 0.216 e. The zero-order valence-electron chi connectivity index (χ0n) is 16.3. The van der Waals surface area contributed by atoms with E-state index in [1.165, 1.54) is 12.8 Å². The molecule has 2 N–H and O–H groups in total. The highest BCUT2D eigenvalue weighted by Crippen LogP contribution is 2.28. The van der Waals surface area contributed by atoms with E-state index in [9.17, 15) is 0 Å². The van der Waals surface area contributed by atoms with Gasteiger partial charge in [-0.15, -0.1) is 0 Å². The third-order valence-electron chi connectivity index (χ3n) is 4.54. The summed E-state index contributed by atoms with van der Waals surface area (Å²) in [4.78, 5) is 13.6. The highest BCUT2D eigenvalue weighted by atomic mass is 32.1. The van der Waals surface area contributed by atoms with Crippen LogP contribution in [0.4, 0.5) is 5.82 Å². The molecule has 29 heavy (non-hydrogen) atoms. The van der Waals surface area contributed by atoms with Crippen molar-refractivity contribution in [2.75, 3.05) is 25.6 Å². The van der Waals surface area contributed by atoms with Gasteiger partial charge in [-0.05, 0) is 62.2 Å². The van der Waals surface area contributed by atoms with Gasteiger partial charge < -0.3 is 24.5 Å². The summed E-state index contributed by atoms with van der Waals surface area (Å²) >= 11 is 5.33. The smallest absolute Gasteiger partial charge is 0.216 e. The van der Waals surface area contributed by atoms with Crippen LogP contribution in [0.2, 0.25) is 0 Å². The first-order valence-corrected chi connectivity index (χ1v) is 10.00. The van der Waals surface area contributed by atoms with Crippen LogP contribution in [0.15, 0.2) is 34.9 Å². The van der Waals surface area contributed by atoms with Crippen LogP contribution in [-0.4, -0.2) is 40.3 Å². The van der Waals surface area contributed by atoms with Gasteiger partial charge in [-0.1, -0.05) is 0 Å². The maximum absolute atomic E-state index is 5.85. The summed E-state index contributed by atoms with van der Waals surface area (Å²) in [6.07, 6.45) is 3.64. The molecule has 9 heteroatoms. The van der Waals surface area contributed by atoms with Gasteiger partial charge in [-0.3, -0.25) is 4.98 Å². The van der Waals surface area contributed by atoms with Crippen molar-refractivity contribution in [2.45, 2.75) is 26.1 Å². The van der Waals surface area contributed by atoms with Crippen LogP contribution in [0, 0.1) is 5.92 Å². The van der Waals surface area contributed by atoms with Crippen molar-refractivity contribution in [3.63, 3.8) is 0 Å². The van der Waals surface area contributed by atoms with Gasteiger partial charge in [-0.25, -0.2) is 9.97 Å². The lowest BCUT2D eigenvalue weighted by Crippen LogP contribution is -2.30. The number of aromatic nitrogens is 3. The largest absolute Gasteiger partial charge is 0.454 e. The van der Waals surface area contributed by atoms with Crippen molar-refractivity contribution < 1.29 is 13.9 Å². The second-order valence-electron chi connectivity index (χ2n) is 6.80. The molecule has 0 spiro atoms. The number of rotatable bonds is 8. The standard InChI is InChI=1S/C20H23N5O3S/c1-3-27-19(26-2)16-8-7-15(28-16)14-11-21-13-6-9-17(24-18(13)23-14)25-20(29)22-10-12-4-5-12/h6-9,11-12,19H,3-5,10H2,1-2H3,(H2,22,23,24,25,29). The van der Waals surface area contributed by atoms with Crippen molar-refractivity contribution in [3.8, 4) is 11.5 Å². The Morgan fingerprint density at radius 2 is 2.14 bits per heavy atom. The first kappa shape index (κ1) is 19.7. The molecule has 3 heterocycles. The van der Waals surface area contributed by atoms with Crippen molar-refractivity contribution in [2.24, 2.45) is 5.92 Å². The van der Waals surface area contributed by atoms with E-state index in [0.29, 0.717) is 45.9 Å². The first-order valence-electron chi connectivity index (χ1n) is 9.59. The number of nitrogens with one attached hydrogen (secondary N) is 2. The Hall–Kier alpha value is -2.62. The number of pyridine rings is 1. The van der Waals surface area contributed by atoms with Gasteiger partial charge in [-0.2, -0.15) is 0 Å². The number of fused-ring (bicyclic) bond motifs is 1. The predicted octanol–water partition coefficient (Wildman–Crippen LogP) is 3.66. The Morgan fingerprint density at radius 1 is 1.28 bits per heavy atom. The van der Waals surface area contributed by atoms with Gasteiger partial charge in [0.25, 0.3) is 0 Å². The van der Waals surface area contributed by atoms with Crippen LogP contribution in [-0.2, 0) is 9.47 Å². The zero-order valence-corrected chi connectivity index (χ0v) is 17.2. The number of thiocarbonyl (C=S) groups is 1. The summed E-state index contributed by atoms with van der Waals surface area (Å²) in [5, 5.41) is 6.88. The molecule has 0 aromatic carbocycles. The lowest BCUT2D eigenvalue weighted by atomic mass is 10.3. The van der Waals surface area contributed by atoms with Crippen molar-refractivity contribution in [1.29, 1.82) is 0 Å². The Labute approximate surface area is 174 Å². The molecule has 0 saturated heterocycles. The number of ether oxygens (including phenoxy) is 2. The van der Waals surface area contributed by atoms with Gasteiger partial charge in [0.15, 0.2) is 22.3 Å². The highest BCUT2D eigenvalue weighted by molar-refractivity contribution is 7.80. The van der Waals surface area contributed by atoms with Crippen LogP contribution in [0.1, 0.15) is 31.8 Å². The quantitative estimate of drug-likeness (QED) is 0.424. The Bertz CT molecular complexity index is 1000. The fraction of sp³-hybridized carbons (Fsp3) is 0.400. The lowest BCUT2D eigenvalue weighted by Gasteiger charge is -2.11. The molecule has 1 atom stereocenters. The molecule has 0 amide bonds. The molecule has 1 fully saturated rings. The minimum Gasteiger partial charge on any atom is -0.454 e. The zero-order chi connectivity index (χ0) is 20.2. The van der Waals surface area contributed by atoms with Crippen LogP contribution in [0.3, 0.4) is 0 Å². The first-order chi connectivity index (χ1) is 14.2. The van der Waals surface area contributed by atoms with Gasteiger partial charge in [0, 0.05) is 20.3 Å². The van der Waals surface area contributed by atoms with Crippen molar-refractivity contribution in [1.82, 2.24) is 20.3 Å². The summed E-state index contributed by atoms with van der Waals surface area (Å²) in [5.74, 6) is 2.50. The minimum absolute atomic E-state index is 0.503. The van der Waals surface area contributed by atoms with Crippen LogP contribution in [0.25, 0.3) is 22.6 Å². The van der Waals surface area contributed by atoms with E-state index >= 15 is 0 Å². The molecule has 4 rings (SSSR count). The third kappa shape index (κ3) is 4.87. The number of methoxy groups -OCH3 is 1. The van der Waals surface area contributed by atoms with Crippen LogP contribution in [0.5, 0.6) is 0 Å². The minimum atomic E-state index is -0.555. The molecule has 3 aromatic rings. The molecule has 1 aliphatic rings. The summed E-state index contributed by atoms with van der Waals surface area (Å²) in [7, 11) is 1.57. The Morgan fingerprint density at radius 3 is 2.90 bits per heavy atom. The van der Waals surface area contributed by atoms with Gasteiger partial charge >= 0.3 is 0 Å². The molecule has 8 nitrogen and oxygen atoms in total. The number of anilines is 1. The van der Waals surface area contributed by atoms with E-state index in [2.05, 4.69) is 25.6 Å². The average Bonchev–Trinajstić information content (AvgIpc) is 3.44.